The maximum Gasteiger partial charge on any atom is 0.0201 e. The van der Waals surface area contributed by atoms with Crippen LogP contribution in [0.25, 0.3) is 0 Å². The number of hydrogen-bond donors (Lipinski definition) is 1. The van der Waals surface area contributed by atoms with Gasteiger partial charge < -0.3 is 0 Å². The van der Waals surface area contributed by atoms with Crippen molar-refractivity contribution in [1.29, 1.82) is 0 Å². The van der Waals surface area contributed by atoms with Gasteiger partial charge in [0.25, 0.3) is 0 Å². The van der Waals surface area contributed by atoms with Crippen molar-refractivity contribution in [3.8, 4) is 0 Å². The van der Waals surface area contributed by atoms with Crippen LogP contribution in [0.2, 0.25) is 0 Å². The minimum Gasteiger partial charge on any atom is -0.172 e. The van der Waals surface area contributed by atoms with E-state index in [0.717, 1.165) is 0 Å². The van der Waals surface area contributed by atoms with Gasteiger partial charge in [-0.05, 0) is 13.3 Å². The topological polar surface area (TPSA) is 0 Å². The molecule has 0 N–H and O–H groups in total. The average Bonchev–Trinajstić information content (AvgIpc) is 2.06. The van der Waals surface area contributed by atoms with Gasteiger partial charge in [0.05, 0.1) is 0 Å². The zero-order valence-corrected chi connectivity index (χ0v) is 4.70. The Hall–Kier alpha value is 0.0900. The largest absolute Gasteiger partial charge is 0.172 e. The predicted molar refractivity (Wildman–Crippen MR) is 31.1 cm³/mol. The molecule has 0 heterocycles. The Kier molecular flexibility index (Phi) is 0.922. The lowest BCUT2D eigenvalue weighted by molar-refractivity contribution is 1.18. The summed E-state index contributed by atoms with van der Waals surface area (Å²) < 4.78 is 0. The van der Waals surface area contributed by atoms with Crippen LogP contribution in [0, 0.1) is 0 Å². The maximum atomic E-state index is 4.19. The van der Waals surface area contributed by atoms with E-state index in [0.29, 0.717) is 5.25 Å². The lowest BCUT2D eigenvalue weighted by Crippen LogP contribution is -1.82. The van der Waals surface area contributed by atoms with Crippen molar-refractivity contribution in [2.45, 2.75) is 18.6 Å². The summed E-state index contributed by atoms with van der Waals surface area (Å²) in [5, 5.41) is 0.519. The fourth-order valence-corrected chi connectivity index (χ4v) is 0.611. The van der Waals surface area contributed by atoms with Crippen LogP contribution in [0.1, 0.15) is 13.3 Å². The van der Waals surface area contributed by atoms with Crippen LogP contribution < -0.4 is 0 Å². The first kappa shape index (κ1) is 4.25. The first-order chi connectivity index (χ1) is 2.80. The normalized spacial score (nSPS) is 22.7. The summed E-state index contributed by atoms with van der Waals surface area (Å²) in [5.41, 5.74) is 1.50. The van der Waals surface area contributed by atoms with E-state index in [1.807, 2.05) is 0 Å². The van der Waals surface area contributed by atoms with Crippen LogP contribution in [-0.4, -0.2) is 5.25 Å². The molecule has 0 radical (unpaired) electrons. The van der Waals surface area contributed by atoms with Crippen molar-refractivity contribution in [3.63, 3.8) is 0 Å². The lowest BCUT2D eigenvalue weighted by atomic mass is 10.4. The molecule has 1 aliphatic carbocycles. The molecule has 0 aromatic carbocycles. The van der Waals surface area contributed by atoms with E-state index in [2.05, 4.69) is 25.6 Å². The molecular weight excluding hydrogens is 92.1 g/mol. The lowest BCUT2D eigenvalue weighted by Gasteiger charge is -1.89. The van der Waals surface area contributed by atoms with Crippen LogP contribution >= 0.6 is 12.6 Å². The van der Waals surface area contributed by atoms with Crippen LogP contribution in [0.3, 0.4) is 0 Å². The van der Waals surface area contributed by atoms with E-state index in [-0.39, 0.29) is 0 Å². The van der Waals surface area contributed by atoms with Crippen molar-refractivity contribution in [2.24, 2.45) is 0 Å². The highest BCUT2D eigenvalue weighted by Gasteiger charge is 2.10. The SMILES string of the molecule is CC(S)C1=CC1. The first-order valence-corrected chi connectivity index (χ1v) is 2.69. The van der Waals surface area contributed by atoms with Crippen molar-refractivity contribution in [1.82, 2.24) is 0 Å². The zero-order chi connectivity index (χ0) is 4.57. The van der Waals surface area contributed by atoms with Gasteiger partial charge in [0.1, 0.15) is 0 Å². The second-order valence-corrected chi connectivity index (χ2v) is 2.43. The minimum absolute atomic E-state index is 0.519. The Balaban J connectivity index is 2.31. The van der Waals surface area contributed by atoms with E-state index in [1.54, 1.807) is 0 Å². The molecule has 0 saturated heterocycles. The molecule has 0 fully saturated rings. The molecule has 0 aromatic heterocycles. The first-order valence-electron chi connectivity index (χ1n) is 2.17. The van der Waals surface area contributed by atoms with Crippen molar-refractivity contribution < 1.29 is 0 Å². The van der Waals surface area contributed by atoms with Gasteiger partial charge in [0, 0.05) is 5.25 Å². The number of allylic oxidation sites excluding steroid dienone is 1. The van der Waals surface area contributed by atoms with Crippen molar-refractivity contribution in [3.05, 3.63) is 11.6 Å². The Bertz CT molecular complexity index is 81.9. The molecule has 6 heavy (non-hydrogen) atoms. The second-order valence-electron chi connectivity index (χ2n) is 1.66. The summed E-state index contributed by atoms with van der Waals surface area (Å²) in [4.78, 5) is 0. The summed E-state index contributed by atoms with van der Waals surface area (Å²) in [5.74, 6) is 0. The van der Waals surface area contributed by atoms with Gasteiger partial charge in [-0.15, -0.1) is 0 Å². The molecule has 1 rings (SSSR count). The van der Waals surface area contributed by atoms with Gasteiger partial charge in [-0.25, -0.2) is 0 Å². The Morgan fingerprint density at radius 3 is 2.50 bits per heavy atom. The average molecular weight is 100 g/mol. The van der Waals surface area contributed by atoms with Crippen LogP contribution in [-0.2, 0) is 0 Å². The van der Waals surface area contributed by atoms with Gasteiger partial charge >= 0.3 is 0 Å². The molecule has 0 nitrogen and oxygen atoms in total. The molecule has 1 aliphatic rings. The molecule has 1 heteroatoms. The monoisotopic (exact) mass is 100 g/mol. The highest BCUT2D eigenvalue weighted by Crippen LogP contribution is 2.25. The second kappa shape index (κ2) is 1.30. The summed E-state index contributed by atoms with van der Waals surface area (Å²) in [7, 11) is 0. The standard InChI is InChI=1S/C5H8S/c1-4(6)5-2-3-5/h2,4,6H,3H2,1H3. The molecule has 0 amide bonds. The molecule has 0 aromatic rings. The molecule has 1 atom stereocenters. The summed E-state index contributed by atoms with van der Waals surface area (Å²) in [6.45, 7) is 2.10. The van der Waals surface area contributed by atoms with Crippen LogP contribution in [0.5, 0.6) is 0 Å². The van der Waals surface area contributed by atoms with E-state index < -0.39 is 0 Å². The summed E-state index contributed by atoms with van der Waals surface area (Å²) >= 11 is 4.19. The predicted octanol–water partition coefficient (Wildman–Crippen LogP) is 1.63. The van der Waals surface area contributed by atoms with E-state index in [4.69, 9.17) is 0 Å². The third-order valence-electron chi connectivity index (χ3n) is 0.976. The highest BCUT2D eigenvalue weighted by atomic mass is 32.1. The van der Waals surface area contributed by atoms with Gasteiger partial charge in [-0.1, -0.05) is 11.6 Å². The van der Waals surface area contributed by atoms with E-state index in [9.17, 15) is 0 Å². The van der Waals surface area contributed by atoms with Crippen LogP contribution in [0.15, 0.2) is 11.6 Å². The minimum atomic E-state index is 0.519. The van der Waals surface area contributed by atoms with Gasteiger partial charge in [0.2, 0.25) is 0 Å². The zero-order valence-electron chi connectivity index (χ0n) is 3.81. The number of hydrogen-bond acceptors (Lipinski definition) is 1. The molecule has 1 unspecified atom stereocenters. The fourth-order valence-electron chi connectivity index (χ4n) is 0.400. The molecule has 0 saturated carbocycles. The Morgan fingerprint density at radius 1 is 2.00 bits per heavy atom. The van der Waals surface area contributed by atoms with Gasteiger partial charge in [0.15, 0.2) is 0 Å². The smallest absolute Gasteiger partial charge is 0.0201 e. The fraction of sp³-hybridized carbons (Fsp3) is 0.600. The highest BCUT2D eigenvalue weighted by molar-refractivity contribution is 7.81. The van der Waals surface area contributed by atoms with Crippen molar-refractivity contribution >= 4 is 12.6 Å². The Labute approximate surface area is 43.7 Å². The van der Waals surface area contributed by atoms with E-state index in [1.165, 1.54) is 12.0 Å². The number of thiol groups is 1. The maximum absolute atomic E-state index is 4.19. The molecule has 34 valence electrons. The van der Waals surface area contributed by atoms with Crippen LogP contribution in [0.4, 0.5) is 0 Å². The number of rotatable bonds is 1. The third-order valence-corrected chi connectivity index (χ3v) is 1.31. The quantitative estimate of drug-likeness (QED) is 0.376. The van der Waals surface area contributed by atoms with Gasteiger partial charge in [-0.3, -0.25) is 0 Å². The van der Waals surface area contributed by atoms with Crippen molar-refractivity contribution in [2.75, 3.05) is 0 Å². The Morgan fingerprint density at radius 2 is 2.50 bits per heavy atom. The summed E-state index contributed by atoms with van der Waals surface area (Å²) in [6.07, 6.45) is 3.42. The van der Waals surface area contributed by atoms with E-state index >= 15 is 0 Å². The molecule has 0 aliphatic heterocycles. The molecule has 0 spiro atoms. The molecular formula is C5H8S. The summed E-state index contributed by atoms with van der Waals surface area (Å²) in [6, 6.07) is 0. The third kappa shape index (κ3) is 0.777. The van der Waals surface area contributed by atoms with Gasteiger partial charge in [-0.2, -0.15) is 12.6 Å². The molecule has 0 bridgehead atoms.